The molecule has 3 aromatic heterocycles. The largest absolute Gasteiger partial charge is 0.311 e. The van der Waals surface area contributed by atoms with E-state index in [1.165, 1.54) is 217 Å². The summed E-state index contributed by atoms with van der Waals surface area (Å²) in [4.78, 5) is 42.0. The lowest BCUT2D eigenvalue weighted by molar-refractivity contribution is -0.125. The molecule has 0 radical (unpaired) electrons. The Labute approximate surface area is 422 Å². The molecule has 5 heterocycles. The zero-order chi connectivity index (χ0) is 47.6. The number of carbonyl (C=O) groups is 2. The molecule has 4 nitrogen and oxygen atoms in total. The van der Waals surface area contributed by atoms with Gasteiger partial charge in [0, 0.05) is 43.2 Å². The first-order valence-corrected chi connectivity index (χ1v) is 30.6. The molecule has 7 heteroatoms. The molecule has 2 aliphatic heterocycles. The number of allylic oxidation sites excluding steroid dienone is 1. The predicted molar refractivity (Wildman–Crippen MR) is 296 cm³/mol. The van der Waals surface area contributed by atoms with E-state index >= 15 is 9.59 Å². The van der Waals surface area contributed by atoms with E-state index in [0.29, 0.717) is 29.5 Å². The Bertz CT molecular complexity index is 1930. The second-order valence-corrected chi connectivity index (χ2v) is 24.1. The van der Waals surface area contributed by atoms with Crippen molar-refractivity contribution in [3.63, 3.8) is 0 Å². The van der Waals surface area contributed by atoms with Crippen molar-refractivity contribution >= 4 is 51.5 Å². The summed E-state index contributed by atoms with van der Waals surface area (Å²) in [5.74, 6) is 1.03. The first kappa shape index (κ1) is 55.4. The summed E-state index contributed by atoms with van der Waals surface area (Å²) >= 11 is 5.47. The minimum absolute atomic E-state index is 0.0687. The van der Waals surface area contributed by atoms with Gasteiger partial charge in [-0.05, 0) is 87.8 Å². The van der Waals surface area contributed by atoms with Crippen LogP contribution in [0.1, 0.15) is 250 Å². The molecule has 374 valence electrons. The average molecular weight is 972 g/mol. The van der Waals surface area contributed by atoms with E-state index in [0.717, 1.165) is 35.7 Å². The molecular formula is C60H94N2O2S3. The van der Waals surface area contributed by atoms with E-state index in [1.54, 1.807) is 11.3 Å². The molecule has 67 heavy (non-hydrogen) atoms. The number of nitrogens with zero attached hydrogens (tertiary/aromatic N) is 2. The molecule has 0 saturated carbocycles. The fourth-order valence-electron chi connectivity index (χ4n) is 10.7. The van der Waals surface area contributed by atoms with Crippen LogP contribution in [0, 0.1) is 18.8 Å². The summed E-state index contributed by atoms with van der Waals surface area (Å²) in [7, 11) is 0. The average Bonchev–Trinajstić information content (AvgIpc) is 4.18. The Kier molecular flexibility index (Phi) is 26.2. The van der Waals surface area contributed by atoms with Crippen LogP contribution in [0.5, 0.6) is 0 Å². The maximum atomic E-state index is 15.2. The third-order valence-electron chi connectivity index (χ3n) is 14.9. The van der Waals surface area contributed by atoms with Crippen LogP contribution in [0.2, 0.25) is 0 Å². The van der Waals surface area contributed by atoms with Crippen LogP contribution in [0.25, 0.3) is 25.2 Å². The van der Waals surface area contributed by atoms with Crippen LogP contribution in [0.4, 0.5) is 0 Å². The van der Waals surface area contributed by atoms with Gasteiger partial charge in [0.15, 0.2) is 0 Å². The van der Waals surface area contributed by atoms with Crippen molar-refractivity contribution < 1.29 is 9.59 Å². The summed E-state index contributed by atoms with van der Waals surface area (Å²) in [6.45, 7) is 14.9. The molecule has 0 N–H and O–H groups in total. The van der Waals surface area contributed by atoms with E-state index in [-0.39, 0.29) is 11.8 Å². The number of hydrogen-bond donors (Lipinski definition) is 0. The van der Waals surface area contributed by atoms with Crippen LogP contribution in [-0.4, -0.2) is 34.7 Å². The van der Waals surface area contributed by atoms with E-state index in [4.69, 9.17) is 0 Å². The standard InChI is InChI=1S/C60H94N2O2S3/c1-7-11-15-19-23-25-29-33-36-49(35-31-27-21-17-13-9-3)45-61-48(6)56-57(60(61)64)58(55-44-43-54(67-55)53-42-41-52(66-53)51-40-39-47(5)65-51)62(59(56)63)46-50(37-32-28-22-18-14-10-4)38-34-30-26-24-20-16-12-8-2/h39-44,49-50H,7-38,45-46H2,1-6H3. The Balaban J connectivity index is 1.40. The Hall–Kier alpha value is -2.48. The quantitative estimate of drug-likeness (QED) is 0.0535. The summed E-state index contributed by atoms with van der Waals surface area (Å²) in [6, 6.07) is 13.4. The molecule has 0 aliphatic carbocycles. The molecule has 0 fully saturated rings. The molecule has 5 rings (SSSR count). The molecule has 2 aliphatic rings. The summed E-state index contributed by atoms with van der Waals surface area (Å²) in [6.07, 6.45) is 41.2. The number of aryl methyl sites for hydroxylation is 1. The Morgan fingerprint density at radius 2 is 0.687 bits per heavy atom. The van der Waals surface area contributed by atoms with E-state index < -0.39 is 0 Å². The van der Waals surface area contributed by atoms with Gasteiger partial charge in [-0.3, -0.25) is 9.59 Å². The summed E-state index contributed by atoms with van der Waals surface area (Å²) < 4.78 is 0. The van der Waals surface area contributed by atoms with Crippen LogP contribution >= 0.6 is 34.0 Å². The summed E-state index contributed by atoms with van der Waals surface area (Å²) in [5, 5.41) is 0. The van der Waals surface area contributed by atoms with E-state index in [9.17, 15) is 0 Å². The third-order valence-corrected chi connectivity index (χ3v) is 18.4. The van der Waals surface area contributed by atoms with Crippen molar-refractivity contribution in [2.24, 2.45) is 11.8 Å². The Morgan fingerprint density at radius 1 is 0.373 bits per heavy atom. The Morgan fingerprint density at radius 3 is 1.07 bits per heavy atom. The lowest BCUT2D eigenvalue weighted by Gasteiger charge is -2.29. The topological polar surface area (TPSA) is 40.6 Å². The van der Waals surface area contributed by atoms with Crippen LogP contribution in [0.3, 0.4) is 0 Å². The van der Waals surface area contributed by atoms with Crippen molar-refractivity contribution in [1.82, 2.24) is 9.80 Å². The highest BCUT2D eigenvalue weighted by molar-refractivity contribution is 7.26. The minimum atomic E-state index is 0.0687. The molecule has 0 bridgehead atoms. The fourth-order valence-corrected chi connectivity index (χ4v) is 13.8. The van der Waals surface area contributed by atoms with Gasteiger partial charge in [0.05, 0.1) is 21.7 Å². The smallest absolute Gasteiger partial charge is 0.261 e. The SMILES string of the molecule is CCCCCCCCCCC(CCCCCCCC)CN1C(=O)C2=C(c3ccc(-c4ccc(-c5ccc(C)s5)s4)s3)N(CC(CCCCCCCC)CCCCCCCCCC)C(=O)C2=C1C. The first-order valence-electron chi connectivity index (χ1n) is 28.2. The highest BCUT2D eigenvalue weighted by Gasteiger charge is 2.48. The van der Waals surface area contributed by atoms with Crippen molar-refractivity contribution in [3.8, 4) is 19.5 Å². The molecule has 0 saturated heterocycles. The van der Waals surface area contributed by atoms with E-state index in [1.807, 2.05) is 22.7 Å². The number of rotatable bonds is 39. The zero-order valence-corrected chi connectivity index (χ0v) is 46.0. The maximum absolute atomic E-state index is 15.2. The molecule has 2 amide bonds. The van der Waals surface area contributed by atoms with Gasteiger partial charge in [0.2, 0.25) is 0 Å². The molecule has 0 spiro atoms. The molecule has 0 aromatic carbocycles. The van der Waals surface area contributed by atoms with Crippen LogP contribution in [-0.2, 0) is 9.59 Å². The number of thiophene rings is 3. The second-order valence-electron chi connectivity index (χ2n) is 20.6. The van der Waals surface area contributed by atoms with Gasteiger partial charge < -0.3 is 9.80 Å². The molecule has 2 unspecified atom stereocenters. The minimum Gasteiger partial charge on any atom is -0.311 e. The van der Waals surface area contributed by atoms with Crippen molar-refractivity contribution in [2.45, 2.75) is 247 Å². The zero-order valence-electron chi connectivity index (χ0n) is 43.6. The number of carbonyl (C=O) groups excluding carboxylic acids is 2. The number of amides is 2. The first-order chi connectivity index (χ1) is 32.8. The lowest BCUT2D eigenvalue weighted by atomic mass is 9.93. The van der Waals surface area contributed by atoms with Gasteiger partial charge in [-0.2, -0.15) is 0 Å². The lowest BCUT2D eigenvalue weighted by Crippen LogP contribution is -2.34. The fraction of sp³-hybridized carbons (Fsp3) is 0.700. The number of hydrogen-bond acceptors (Lipinski definition) is 5. The molecule has 2 atom stereocenters. The van der Waals surface area contributed by atoms with Gasteiger partial charge in [-0.1, -0.05) is 207 Å². The van der Waals surface area contributed by atoms with Gasteiger partial charge in [0.1, 0.15) is 0 Å². The van der Waals surface area contributed by atoms with Crippen LogP contribution < -0.4 is 0 Å². The predicted octanol–water partition coefficient (Wildman–Crippen LogP) is 20.0. The van der Waals surface area contributed by atoms with Crippen molar-refractivity contribution in [3.05, 3.63) is 63.0 Å². The summed E-state index contributed by atoms with van der Waals surface area (Å²) in [5.41, 5.74) is 3.17. The van der Waals surface area contributed by atoms with Gasteiger partial charge in [-0.25, -0.2) is 0 Å². The maximum Gasteiger partial charge on any atom is 0.261 e. The highest BCUT2D eigenvalue weighted by Crippen LogP contribution is 2.48. The monoisotopic (exact) mass is 971 g/mol. The van der Waals surface area contributed by atoms with E-state index in [2.05, 4.69) is 87.7 Å². The third kappa shape index (κ3) is 17.7. The van der Waals surface area contributed by atoms with Gasteiger partial charge in [0.25, 0.3) is 11.8 Å². The van der Waals surface area contributed by atoms with Gasteiger partial charge >= 0.3 is 0 Å². The number of unbranched alkanes of at least 4 members (excludes halogenated alkanes) is 24. The van der Waals surface area contributed by atoms with Gasteiger partial charge in [-0.15, -0.1) is 34.0 Å². The van der Waals surface area contributed by atoms with Crippen molar-refractivity contribution in [1.29, 1.82) is 0 Å². The highest BCUT2D eigenvalue weighted by atomic mass is 32.1. The molecule has 3 aromatic rings. The molecular weight excluding hydrogens is 877 g/mol. The normalized spacial score (nSPS) is 15.0. The second kappa shape index (κ2) is 31.7. The number of fused-ring (bicyclic) bond motifs is 1. The van der Waals surface area contributed by atoms with Crippen LogP contribution in [0.15, 0.2) is 53.2 Å². The van der Waals surface area contributed by atoms with Crippen molar-refractivity contribution in [2.75, 3.05) is 13.1 Å².